The van der Waals surface area contributed by atoms with Crippen LogP contribution in [0.5, 0.6) is 0 Å². The highest BCUT2D eigenvalue weighted by Crippen LogP contribution is 2.69. The summed E-state index contributed by atoms with van der Waals surface area (Å²) >= 11 is 7.72. The minimum Gasteiger partial charge on any atom is -0.466 e. The van der Waals surface area contributed by atoms with Crippen LogP contribution in [0.2, 0.25) is 5.02 Å². The molecule has 7 nitrogen and oxygen atoms in total. The van der Waals surface area contributed by atoms with Crippen molar-refractivity contribution in [2.24, 2.45) is 23.7 Å². The lowest BCUT2D eigenvalue weighted by Crippen LogP contribution is -2.59. The molecule has 1 spiro atoms. The van der Waals surface area contributed by atoms with Crippen molar-refractivity contribution in [3.63, 3.8) is 0 Å². The average Bonchev–Trinajstić information content (AvgIpc) is 3.45. The molecular weight excluding hydrogens is 512 g/mol. The monoisotopic (exact) mass is 548 g/mol. The van der Waals surface area contributed by atoms with E-state index in [0.717, 1.165) is 6.42 Å². The van der Waals surface area contributed by atoms with E-state index in [1.54, 1.807) is 58.8 Å². The van der Waals surface area contributed by atoms with E-state index in [-0.39, 0.29) is 54.6 Å². The van der Waals surface area contributed by atoms with Gasteiger partial charge in [0.2, 0.25) is 5.91 Å². The summed E-state index contributed by atoms with van der Waals surface area (Å²) in [5, 5.41) is 10.9. The highest BCUT2D eigenvalue weighted by atomic mass is 35.5. The molecule has 3 aliphatic rings. The Hall–Kier alpha value is -2.03. The first-order chi connectivity index (χ1) is 17.6. The fourth-order valence-electron chi connectivity index (χ4n) is 6.68. The molecule has 3 heterocycles. The third-order valence-electron chi connectivity index (χ3n) is 8.04. The first-order valence-corrected chi connectivity index (χ1v) is 14.3. The number of nitrogens with zero attached hydrogens (tertiary/aromatic N) is 2. The number of amides is 2. The molecule has 1 aromatic carbocycles. The summed E-state index contributed by atoms with van der Waals surface area (Å²) in [5.41, 5.74) is 0.651. The molecule has 0 saturated carbocycles. The normalized spacial score (nSPS) is 30.9. The lowest BCUT2D eigenvalue weighted by molar-refractivity contribution is -0.154. The lowest BCUT2D eigenvalue weighted by Gasteiger charge is -2.42. The topological polar surface area (TPSA) is 87.2 Å². The van der Waals surface area contributed by atoms with Gasteiger partial charge in [0.25, 0.3) is 5.91 Å². The molecule has 7 atom stereocenters. The Kier molecular flexibility index (Phi) is 8.31. The summed E-state index contributed by atoms with van der Waals surface area (Å²) in [5.74, 6) is -1.88. The number of aliphatic hydroxyl groups is 1. The van der Waals surface area contributed by atoms with Crippen LogP contribution in [-0.4, -0.2) is 69.6 Å². The zero-order valence-corrected chi connectivity index (χ0v) is 23.5. The molecule has 0 aromatic heterocycles. The van der Waals surface area contributed by atoms with E-state index in [0.29, 0.717) is 17.1 Å². The van der Waals surface area contributed by atoms with Gasteiger partial charge in [0.15, 0.2) is 0 Å². The number of aliphatic hydroxyl groups excluding tert-OH is 1. The fraction of sp³-hybridized carbons (Fsp3) is 0.607. The number of benzene rings is 1. The van der Waals surface area contributed by atoms with Gasteiger partial charge in [0, 0.05) is 22.5 Å². The quantitative estimate of drug-likeness (QED) is 0.349. The third-order valence-corrected chi connectivity index (χ3v) is 10.4. The number of ether oxygens (including phenoxy) is 1. The lowest BCUT2D eigenvalue weighted by atomic mass is 9.66. The Morgan fingerprint density at radius 1 is 1.35 bits per heavy atom. The molecule has 1 N–H and O–H groups in total. The molecule has 2 bridgehead atoms. The van der Waals surface area contributed by atoms with Crippen LogP contribution in [-0.2, 0) is 19.1 Å². The number of thioether (sulfide) groups is 1. The molecule has 9 heteroatoms. The van der Waals surface area contributed by atoms with Crippen molar-refractivity contribution >= 4 is 46.8 Å². The standard InChI is InChI=1S/C28H37ClN2O5S/c1-6-12-30(19-10-8-18(29)9-11-19)26(34)24-28-17(5)14-21(37-28)22(27(35)36-7-2)23(28)25(33)31(24)20(15-32)13-16(3)4/h6,8-11,16-17,20-24,32H,1,7,12-15H2,2-5H3/t17?,20-,21+,22-,23+,24?,28?/m1/s1. The summed E-state index contributed by atoms with van der Waals surface area (Å²) < 4.78 is 4.64. The molecule has 202 valence electrons. The van der Waals surface area contributed by atoms with E-state index in [1.807, 2.05) is 13.8 Å². The third kappa shape index (κ3) is 4.59. The predicted octanol–water partition coefficient (Wildman–Crippen LogP) is 4.17. The molecular formula is C28H37ClN2O5S. The molecule has 3 unspecified atom stereocenters. The van der Waals surface area contributed by atoms with Crippen LogP contribution < -0.4 is 4.90 Å². The Balaban J connectivity index is 1.85. The van der Waals surface area contributed by atoms with Crippen molar-refractivity contribution in [2.75, 3.05) is 24.7 Å². The Labute approximate surface area is 228 Å². The van der Waals surface area contributed by atoms with E-state index in [2.05, 4.69) is 13.5 Å². The fourth-order valence-corrected chi connectivity index (χ4v) is 9.20. The van der Waals surface area contributed by atoms with Crippen molar-refractivity contribution in [1.29, 1.82) is 0 Å². The largest absolute Gasteiger partial charge is 0.466 e. The van der Waals surface area contributed by atoms with Gasteiger partial charge in [-0.2, -0.15) is 0 Å². The van der Waals surface area contributed by atoms with Crippen molar-refractivity contribution in [3.05, 3.63) is 41.9 Å². The average molecular weight is 549 g/mol. The smallest absolute Gasteiger partial charge is 0.310 e. The molecule has 2 amide bonds. The number of carbonyl (C=O) groups excluding carboxylic acids is 3. The van der Waals surface area contributed by atoms with Crippen LogP contribution in [0.25, 0.3) is 0 Å². The maximum atomic E-state index is 14.6. The molecule has 3 aliphatic heterocycles. The second kappa shape index (κ2) is 11.0. The van der Waals surface area contributed by atoms with Crippen molar-refractivity contribution in [1.82, 2.24) is 4.90 Å². The molecule has 3 saturated heterocycles. The van der Waals surface area contributed by atoms with Crippen LogP contribution in [0.3, 0.4) is 0 Å². The molecule has 0 aliphatic carbocycles. The van der Waals surface area contributed by atoms with Crippen molar-refractivity contribution in [2.45, 2.75) is 62.6 Å². The van der Waals surface area contributed by atoms with E-state index < -0.39 is 28.7 Å². The minimum absolute atomic E-state index is 0.0234. The first-order valence-electron chi connectivity index (χ1n) is 13.1. The Bertz CT molecular complexity index is 1050. The van der Waals surface area contributed by atoms with Crippen LogP contribution >= 0.6 is 23.4 Å². The van der Waals surface area contributed by atoms with Gasteiger partial charge in [-0.25, -0.2) is 0 Å². The van der Waals surface area contributed by atoms with E-state index >= 15 is 0 Å². The van der Waals surface area contributed by atoms with Crippen LogP contribution in [0.15, 0.2) is 36.9 Å². The number of anilines is 1. The number of fused-ring (bicyclic) bond motifs is 1. The number of halogens is 1. The van der Waals surface area contributed by atoms with Gasteiger partial charge in [0.05, 0.1) is 35.8 Å². The zero-order chi connectivity index (χ0) is 27.1. The summed E-state index contributed by atoms with van der Waals surface area (Å²) in [6.45, 7) is 12.0. The van der Waals surface area contributed by atoms with E-state index in [9.17, 15) is 19.5 Å². The van der Waals surface area contributed by atoms with Crippen LogP contribution in [0.4, 0.5) is 5.69 Å². The number of likely N-dealkylation sites (tertiary alicyclic amines) is 1. The van der Waals surface area contributed by atoms with Gasteiger partial charge < -0.3 is 19.6 Å². The molecule has 3 fully saturated rings. The highest BCUT2D eigenvalue weighted by Gasteiger charge is 2.77. The van der Waals surface area contributed by atoms with Crippen LogP contribution in [0, 0.1) is 23.7 Å². The summed E-state index contributed by atoms with van der Waals surface area (Å²) in [7, 11) is 0. The number of hydrogen-bond donors (Lipinski definition) is 1. The molecule has 4 rings (SSSR count). The summed E-state index contributed by atoms with van der Waals surface area (Å²) in [6, 6.07) is 5.64. The minimum atomic E-state index is -0.832. The van der Waals surface area contributed by atoms with Gasteiger partial charge >= 0.3 is 5.97 Å². The number of rotatable bonds is 10. The van der Waals surface area contributed by atoms with Crippen LogP contribution in [0.1, 0.15) is 40.5 Å². The Morgan fingerprint density at radius 2 is 2.03 bits per heavy atom. The van der Waals surface area contributed by atoms with Gasteiger partial charge in [-0.3, -0.25) is 14.4 Å². The number of carbonyl (C=O) groups is 3. The van der Waals surface area contributed by atoms with E-state index in [4.69, 9.17) is 16.3 Å². The van der Waals surface area contributed by atoms with Gasteiger partial charge in [-0.1, -0.05) is 38.4 Å². The number of hydrogen-bond acceptors (Lipinski definition) is 6. The zero-order valence-electron chi connectivity index (χ0n) is 21.9. The van der Waals surface area contributed by atoms with Gasteiger partial charge in [-0.05, 0) is 55.9 Å². The summed E-state index contributed by atoms with van der Waals surface area (Å²) in [6.07, 6.45) is 2.93. The Morgan fingerprint density at radius 3 is 2.59 bits per heavy atom. The molecule has 37 heavy (non-hydrogen) atoms. The maximum absolute atomic E-state index is 14.6. The first kappa shape index (κ1) is 28.0. The van der Waals surface area contributed by atoms with Gasteiger partial charge in [0.1, 0.15) is 6.04 Å². The van der Waals surface area contributed by atoms with Gasteiger partial charge in [-0.15, -0.1) is 18.3 Å². The second-order valence-electron chi connectivity index (χ2n) is 10.7. The van der Waals surface area contributed by atoms with Crippen molar-refractivity contribution < 1.29 is 24.2 Å². The second-order valence-corrected chi connectivity index (χ2v) is 12.7. The predicted molar refractivity (Wildman–Crippen MR) is 146 cm³/mol. The SMILES string of the molecule is C=CCN(C(=O)C1N([C@@H](CO)CC(C)C)C(=O)[C@@H]2[C@H](C(=O)OCC)[C@@H]3CC(C)C12S3)c1ccc(Cl)cc1. The maximum Gasteiger partial charge on any atom is 0.310 e. The molecule has 0 radical (unpaired) electrons. The van der Waals surface area contributed by atoms with Crippen molar-refractivity contribution in [3.8, 4) is 0 Å². The highest BCUT2D eigenvalue weighted by molar-refractivity contribution is 8.02. The van der Waals surface area contributed by atoms with E-state index in [1.165, 1.54) is 0 Å². The number of esters is 1. The molecule has 1 aromatic rings. The summed E-state index contributed by atoms with van der Waals surface area (Å²) in [4.78, 5) is 45.3.